The summed E-state index contributed by atoms with van der Waals surface area (Å²) >= 11 is 1.78. The van der Waals surface area contributed by atoms with E-state index in [1.807, 2.05) is 0 Å². The van der Waals surface area contributed by atoms with Gasteiger partial charge in [0.05, 0.1) is 10.7 Å². The van der Waals surface area contributed by atoms with Crippen molar-refractivity contribution >= 4 is 36.2 Å². The maximum absolute atomic E-state index is 4.79. The molecular formula is C16H23Cl2N3S. The van der Waals surface area contributed by atoms with Crippen molar-refractivity contribution in [3.8, 4) is 0 Å². The minimum atomic E-state index is 0. The van der Waals surface area contributed by atoms with E-state index in [1.54, 1.807) is 11.3 Å². The molecule has 1 aromatic carbocycles. The molecule has 0 radical (unpaired) electrons. The summed E-state index contributed by atoms with van der Waals surface area (Å²) in [5.41, 5.74) is 2.55. The van der Waals surface area contributed by atoms with E-state index >= 15 is 0 Å². The van der Waals surface area contributed by atoms with Crippen LogP contribution in [0.5, 0.6) is 0 Å². The molecule has 2 heterocycles. The molecule has 22 heavy (non-hydrogen) atoms. The Balaban J connectivity index is 0.00000121. The molecule has 0 unspecified atom stereocenters. The lowest BCUT2D eigenvalue weighted by molar-refractivity contribution is 0.164. The van der Waals surface area contributed by atoms with Crippen molar-refractivity contribution < 1.29 is 0 Å². The predicted molar refractivity (Wildman–Crippen MR) is 98.6 cm³/mol. The average Bonchev–Trinajstić information content (AvgIpc) is 2.90. The Bertz CT molecular complexity index is 547. The van der Waals surface area contributed by atoms with Gasteiger partial charge in [0.15, 0.2) is 0 Å². The molecule has 0 saturated carbocycles. The van der Waals surface area contributed by atoms with Gasteiger partial charge >= 0.3 is 0 Å². The Morgan fingerprint density at radius 2 is 2.05 bits per heavy atom. The second-order valence-electron chi connectivity index (χ2n) is 5.42. The lowest BCUT2D eigenvalue weighted by Crippen LogP contribution is -2.49. The Hall–Kier alpha value is -0.650. The fourth-order valence-corrected chi connectivity index (χ4v) is 3.42. The molecule has 2 aromatic rings. The minimum absolute atomic E-state index is 0. The van der Waals surface area contributed by atoms with Crippen molar-refractivity contribution in [2.75, 3.05) is 19.6 Å². The Kier molecular flexibility index (Phi) is 8.36. The van der Waals surface area contributed by atoms with Gasteiger partial charge in [-0.3, -0.25) is 4.90 Å². The van der Waals surface area contributed by atoms with Crippen molar-refractivity contribution in [1.29, 1.82) is 0 Å². The van der Waals surface area contributed by atoms with Crippen molar-refractivity contribution in [1.82, 2.24) is 15.2 Å². The van der Waals surface area contributed by atoms with Crippen LogP contribution in [0.25, 0.3) is 0 Å². The van der Waals surface area contributed by atoms with E-state index in [0.717, 1.165) is 32.6 Å². The Morgan fingerprint density at radius 3 is 2.77 bits per heavy atom. The fraction of sp³-hybridized carbons (Fsp3) is 0.438. The highest BCUT2D eigenvalue weighted by atomic mass is 35.5. The highest BCUT2D eigenvalue weighted by Crippen LogP contribution is 2.17. The van der Waals surface area contributed by atoms with Crippen LogP contribution in [0.4, 0.5) is 0 Å². The molecule has 6 heteroatoms. The summed E-state index contributed by atoms with van der Waals surface area (Å²) in [6, 6.07) is 11.2. The molecule has 122 valence electrons. The molecule has 0 aliphatic carbocycles. The summed E-state index contributed by atoms with van der Waals surface area (Å²) in [5, 5.41) is 6.86. The van der Waals surface area contributed by atoms with Crippen molar-refractivity contribution in [2.45, 2.75) is 25.9 Å². The van der Waals surface area contributed by atoms with Crippen LogP contribution in [0.3, 0.4) is 0 Å². The Morgan fingerprint density at radius 1 is 1.27 bits per heavy atom. The normalized spacial score (nSPS) is 18.3. The van der Waals surface area contributed by atoms with E-state index in [-0.39, 0.29) is 24.8 Å². The van der Waals surface area contributed by atoms with Gasteiger partial charge < -0.3 is 5.32 Å². The molecule has 1 atom stereocenters. The Labute approximate surface area is 149 Å². The van der Waals surface area contributed by atoms with Crippen molar-refractivity contribution in [3.05, 3.63) is 52.0 Å². The average molecular weight is 360 g/mol. The molecular weight excluding hydrogens is 337 g/mol. The second kappa shape index (κ2) is 9.48. The summed E-state index contributed by atoms with van der Waals surface area (Å²) < 4.78 is 0. The number of nitrogens with one attached hydrogen (secondary N) is 1. The zero-order chi connectivity index (χ0) is 13.8. The van der Waals surface area contributed by atoms with E-state index < -0.39 is 0 Å². The van der Waals surface area contributed by atoms with Crippen LogP contribution in [0.2, 0.25) is 0 Å². The first-order valence-electron chi connectivity index (χ1n) is 7.23. The van der Waals surface area contributed by atoms with Gasteiger partial charge in [0, 0.05) is 44.0 Å². The molecule has 1 saturated heterocycles. The molecule has 1 aliphatic rings. The van der Waals surface area contributed by atoms with Crippen molar-refractivity contribution in [3.63, 3.8) is 0 Å². The molecule has 1 aromatic heterocycles. The number of aromatic nitrogens is 1. The highest BCUT2D eigenvalue weighted by Gasteiger charge is 2.18. The van der Waals surface area contributed by atoms with E-state index in [4.69, 9.17) is 4.98 Å². The first kappa shape index (κ1) is 19.4. The van der Waals surface area contributed by atoms with Crippen LogP contribution in [0.1, 0.15) is 23.2 Å². The van der Waals surface area contributed by atoms with E-state index in [2.05, 4.69) is 52.9 Å². The SMILES string of the molecule is C[C@H]1CNCCN1Cc1csc(Cc2ccccc2)n1.Cl.Cl. The van der Waals surface area contributed by atoms with Gasteiger partial charge in [-0.15, -0.1) is 36.2 Å². The molecule has 1 aliphatic heterocycles. The van der Waals surface area contributed by atoms with Gasteiger partial charge in [-0.1, -0.05) is 30.3 Å². The van der Waals surface area contributed by atoms with Crippen LogP contribution in [-0.4, -0.2) is 35.6 Å². The number of benzene rings is 1. The zero-order valence-corrected chi connectivity index (χ0v) is 15.1. The number of halogens is 2. The molecule has 3 rings (SSSR count). The van der Waals surface area contributed by atoms with E-state index in [0.29, 0.717) is 6.04 Å². The first-order chi connectivity index (χ1) is 9.81. The molecule has 0 amide bonds. The number of piperazine rings is 1. The topological polar surface area (TPSA) is 28.2 Å². The number of hydrogen-bond acceptors (Lipinski definition) is 4. The molecule has 1 fully saturated rings. The largest absolute Gasteiger partial charge is 0.314 e. The summed E-state index contributed by atoms with van der Waals surface area (Å²) in [6.45, 7) is 6.55. The standard InChI is InChI=1S/C16H21N3S.2ClH/c1-13-10-17-7-8-19(13)11-15-12-20-16(18-15)9-14-5-3-2-4-6-14;;/h2-6,12-13,17H,7-11H2,1H3;2*1H/t13-;;/m0../s1. The van der Waals surface area contributed by atoms with Crippen LogP contribution in [0, 0.1) is 0 Å². The fourth-order valence-electron chi connectivity index (χ4n) is 2.60. The third-order valence-electron chi connectivity index (χ3n) is 3.80. The summed E-state index contributed by atoms with van der Waals surface area (Å²) in [7, 11) is 0. The van der Waals surface area contributed by atoms with Gasteiger partial charge in [0.2, 0.25) is 0 Å². The highest BCUT2D eigenvalue weighted by molar-refractivity contribution is 7.09. The van der Waals surface area contributed by atoms with Crippen molar-refractivity contribution in [2.24, 2.45) is 0 Å². The van der Waals surface area contributed by atoms with Crippen LogP contribution in [0.15, 0.2) is 35.7 Å². The van der Waals surface area contributed by atoms with Gasteiger partial charge in [0.1, 0.15) is 0 Å². The molecule has 1 N–H and O–H groups in total. The van der Waals surface area contributed by atoms with Gasteiger partial charge in [-0.25, -0.2) is 4.98 Å². The number of hydrogen-bond donors (Lipinski definition) is 1. The van der Waals surface area contributed by atoms with E-state index in [9.17, 15) is 0 Å². The minimum Gasteiger partial charge on any atom is -0.314 e. The smallest absolute Gasteiger partial charge is 0.0972 e. The summed E-state index contributed by atoms with van der Waals surface area (Å²) in [4.78, 5) is 7.30. The number of nitrogens with zero attached hydrogens (tertiary/aromatic N) is 2. The van der Waals surface area contributed by atoms with Crippen LogP contribution < -0.4 is 5.32 Å². The quantitative estimate of drug-likeness (QED) is 0.906. The molecule has 3 nitrogen and oxygen atoms in total. The lowest BCUT2D eigenvalue weighted by atomic mass is 10.2. The summed E-state index contributed by atoms with van der Waals surface area (Å²) in [5.74, 6) is 0. The maximum atomic E-state index is 4.79. The van der Waals surface area contributed by atoms with Crippen LogP contribution in [-0.2, 0) is 13.0 Å². The second-order valence-corrected chi connectivity index (χ2v) is 6.36. The van der Waals surface area contributed by atoms with Gasteiger partial charge in [0.25, 0.3) is 0 Å². The first-order valence-corrected chi connectivity index (χ1v) is 8.11. The van der Waals surface area contributed by atoms with E-state index in [1.165, 1.54) is 16.3 Å². The third-order valence-corrected chi connectivity index (χ3v) is 4.70. The molecule has 0 bridgehead atoms. The third kappa shape index (κ3) is 5.21. The lowest BCUT2D eigenvalue weighted by Gasteiger charge is -2.33. The zero-order valence-electron chi connectivity index (χ0n) is 12.7. The van der Waals surface area contributed by atoms with Crippen LogP contribution >= 0.6 is 36.2 Å². The molecule has 0 spiro atoms. The predicted octanol–water partition coefficient (Wildman–Crippen LogP) is 3.37. The monoisotopic (exact) mass is 359 g/mol. The number of rotatable bonds is 4. The van der Waals surface area contributed by atoms with Gasteiger partial charge in [-0.2, -0.15) is 0 Å². The number of thiazole rings is 1. The maximum Gasteiger partial charge on any atom is 0.0972 e. The summed E-state index contributed by atoms with van der Waals surface area (Å²) in [6.07, 6.45) is 0.947. The van der Waals surface area contributed by atoms with Gasteiger partial charge in [-0.05, 0) is 12.5 Å².